The van der Waals surface area contributed by atoms with Gasteiger partial charge < -0.3 is 19.4 Å². The molecule has 12 heteroatoms. The molecule has 1 aliphatic carbocycles. The monoisotopic (exact) mass is 566 g/mol. The maximum Gasteiger partial charge on any atom is 0.341 e. The molecule has 0 radical (unpaired) electrons. The van der Waals surface area contributed by atoms with Gasteiger partial charge in [0.15, 0.2) is 11.0 Å². The molecule has 4 rings (SSSR count). The number of carbonyl (C=O) groups is 2. The van der Waals surface area contributed by atoms with Crippen molar-refractivity contribution in [2.75, 3.05) is 17.7 Å². The van der Waals surface area contributed by atoms with Crippen LogP contribution in [0, 0.1) is 11.7 Å². The predicted octanol–water partition coefficient (Wildman–Crippen LogP) is 5.76. The van der Waals surface area contributed by atoms with E-state index in [9.17, 15) is 14.0 Å². The van der Waals surface area contributed by atoms with Crippen LogP contribution < -0.4 is 10.1 Å². The SMILES string of the molecule is CCOC(=O)c1c(NC(=O)CSc2nnc(COc3ccc(F)c(Cl)c3)n2CC)sc2c1CCC(C)C2. The normalized spacial score (nSPS) is 14.8. The van der Waals surface area contributed by atoms with E-state index in [2.05, 4.69) is 22.4 Å². The molecule has 0 bridgehead atoms. The Balaban J connectivity index is 1.41. The van der Waals surface area contributed by atoms with Crippen molar-refractivity contribution in [1.82, 2.24) is 14.8 Å². The number of thiophene rings is 1. The Kier molecular flexibility index (Phi) is 9.09. The molecule has 0 fully saturated rings. The lowest BCUT2D eigenvalue weighted by Crippen LogP contribution is -2.18. The lowest BCUT2D eigenvalue weighted by molar-refractivity contribution is -0.113. The first-order chi connectivity index (χ1) is 17.8. The quantitative estimate of drug-likeness (QED) is 0.246. The minimum atomic E-state index is -0.519. The molecule has 2 heterocycles. The molecule has 1 amide bonds. The van der Waals surface area contributed by atoms with E-state index in [1.54, 1.807) is 6.92 Å². The molecule has 0 saturated carbocycles. The first-order valence-electron chi connectivity index (χ1n) is 12.0. The fourth-order valence-electron chi connectivity index (χ4n) is 4.12. The van der Waals surface area contributed by atoms with Gasteiger partial charge in [0.1, 0.15) is 23.2 Å². The summed E-state index contributed by atoms with van der Waals surface area (Å²) in [6, 6.07) is 4.12. The van der Waals surface area contributed by atoms with E-state index in [0.29, 0.717) is 39.8 Å². The number of halogens is 2. The predicted molar refractivity (Wildman–Crippen MR) is 142 cm³/mol. The zero-order valence-corrected chi connectivity index (χ0v) is 23.2. The van der Waals surface area contributed by atoms with Crippen LogP contribution in [0.2, 0.25) is 5.02 Å². The van der Waals surface area contributed by atoms with Gasteiger partial charge in [0.25, 0.3) is 0 Å². The summed E-state index contributed by atoms with van der Waals surface area (Å²) in [5.41, 5.74) is 1.49. The van der Waals surface area contributed by atoms with Gasteiger partial charge >= 0.3 is 5.97 Å². The molecular weight excluding hydrogens is 539 g/mol. The van der Waals surface area contributed by atoms with Gasteiger partial charge in [-0.25, -0.2) is 9.18 Å². The van der Waals surface area contributed by atoms with Crippen molar-refractivity contribution >= 4 is 51.6 Å². The summed E-state index contributed by atoms with van der Waals surface area (Å²) in [5.74, 6) is 0.454. The van der Waals surface area contributed by atoms with Crippen molar-refractivity contribution in [2.24, 2.45) is 5.92 Å². The molecule has 0 spiro atoms. The smallest absolute Gasteiger partial charge is 0.341 e. The lowest BCUT2D eigenvalue weighted by atomic mass is 9.88. The van der Waals surface area contributed by atoms with Crippen LogP contribution in [-0.2, 0) is 35.5 Å². The number of amides is 1. The number of aromatic nitrogens is 3. The Labute approximate surface area is 227 Å². The lowest BCUT2D eigenvalue weighted by Gasteiger charge is -2.18. The second-order valence-corrected chi connectivity index (χ2v) is 11.1. The second-order valence-electron chi connectivity index (χ2n) is 8.62. The number of hydrogen-bond acceptors (Lipinski definition) is 8. The summed E-state index contributed by atoms with van der Waals surface area (Å²) in [5, 5.41) is 12.4. The highest BCUT2D eigenvalue weighted by Crippen LogP contribution is 2.40. The maximum absolute atomic E-state index is 13.4. The third-order valence-electron chi connectivity index (χ3n) is 5.95. The Morgan fingerprint density at radius 2 is 2.14 bits per heavy atom. The first-order valence-corrected chi connectivity index (χ1v) is 14.2. The topological polar surface area (TPSA) is 95.3 Å². The molecule has 3 aromatic rings. The van der Waals surface area contributed by atoms with Gasteiger partial charge in [-0.2, -0.15) is 0 Å². The number of nitrogens with zero attached hydrogens (tertiary/aromatic N) is 3. The van der Waals surface area contributed by atoms with Gasteiger partial charge in [-0.3, -0.25) is 4.79 Å². The van der Waals surface area contributed by atoms with Crippen molar-refractivity contribution in [2.45, 2.75) is 58.3 Å². The van der Waals surface area contributed by atoms with Crippen molar-refractivity contribution in [3.8, 4) is 5.75 Å². The Hall–Kier alpha value is -2.63. The fraction of sp³-hybridized carbons (Fsp3) is 0.440. The van der Waals surface area contributed by atoms with Crippen LogP contribution >= 0.6 is 34.7 Å². The van der Waals surface area contributed by atoms with Crippen LogP contribution in [0.3, 0.4) is 0 Å². The third kappa shape index (κ3) is 6.45. The number of fused-ring (bicyclic) bond motifs is 1. The minimum absolute atomic E-state index is 0.0241. The number of anilines is 1. The molecule has 1 aliphatic rings. The van der Waals surface area contributed by atoms with Crippen LogP contribution in [0.1, 0.15) is 53.8 Å². The van der Waals surface area contributed by atoms with E-state index < -0.39 is 11.8 Å². The number of rotatable bonds is 10. The number of thioether (sulfide) groups is 1. The van der Waals surface area contributed by atoms with Crippen LogP contribution in [0.4, 0.5) is 9.39 Å². The second kappa shape index (κ2) is 12.3. The summed E-state index contributed by atoms with van der Waals surface area (Å²) < 4.78 is 26.2. The van der Waals surface area contributed by atoms with Crippen LogP contribution in [0.15, 0.2) is 23.4 Å². The molecule has 0 saturated heterocycles. The van der Waals surface area contributed by atoms with E-state index in [4.69, 9.17) is 21.1 Å². The van der Waals surface area contributed by atoms with E-state index in [1.807, 2.05) is 11.5 Å². The van der Waals surface area contributed by atoms with Gasteiger partial charge in [0.05, 0.1) is 22.9 Å². The maximum atomic E-state index is 13.4. The van der Waals surface area contributed by atoms with Gasteiger partial charge in [-0.15, -0.1) is 21.5 Å². The van der Waals surface area contributed by atoms with Gasteiger partial charge in [-0.05, 0) is 56.7 Å². The van der Waals surface area contributed by atoms with Crippen molar-refractivity contribution in [1.29, 1.82) is 0 Å². The summed E-state index contributed by atoms with van der Waals surface area (Å²) in [7, 11) is 0. The van der Waals surface area contributed by atoms with E-state index in [0.717, 1.165) is 29.7 Å². The fourth-order valence-corrected chi connectivity index (χ4v) is 6.52. The molecule has 2 aromatic heterocycles. The van der Waals surface area contributed by atoms with Crippen molar-refractivity contribution in [3.05, 3.63) is 50.9 Å². The number of ether oxygens (including phenoxy) is 2. The van der Waals surface area contributed by atoms with Crippen molar-refractivity contribution < 1.29 is 23.5 Å². The molecular formula is C25H28ClFN4O4S2. The number of hydrogen-bond donors (Lipinski definition) is 1. The van der Waals surface area contributed by atoms with E-state index in [-0.39, 0.29) is 29.9 Å². The summed E-state index contributed by atoms with van der Waals surface area (Å²) in [4.78, 5) is 26.7. The van der Waals surface area contributed by atoms with Crippen molar-refractivity contribution in [3.63, 3.8) is 0 Å². The highest BCUT2D eigenvalue weighted by atomic mass is 35.5. The Morgan fingerprint density at radius 3 is 2.86 bits per heavy atom. The first kappa shape index (κ1) is 27.4. The number of carbonyl (C=O) groups excluding carboxylic acids is 2. The summed E-state index contributed by atoms with van der Waals surface area (Å²) in [6.07, 6.45) is 2.71. The molecule has 1 aromatic carbocycles. The summed E-state index contributed by atoms with van der Waals surface area (Å²) >= 11 is 8.52. The van der Waals surface area contributed by atoms with E-state index in [1.165, 1.54) is 41.3 Å². The minimum Gasteiger partial charge on any atom is -0.486 e. The number of esters is 1. The third-order valence-corrected chi connectivity index (χ3v) is 8.37. The molecule has 1 unspecified atom stereocenters. The number of benzene rings is 1. The van der Waals surface area contributed by atoms with Crippen LogP contribution in [0.5, 0.6) is 5.75 Å². The molecule has 8 nitrogen and oxygen atoms in total. The van der Waals surface area contributed by atoms with Crippen LogP contribution in [0.25, 0.3) is 0 Å². The Morgan fingerprint density at radius 1 is 1.32 bits per heavy atom. The largest absolute Gasteiger partial charge is 0.486 e. The molecule has 1 atom stereocenters. The molecule has 37 heavy (non-hydrogen) atoms. The van der Waals surface area contributed by atoms with E-state index >= 15 is 0 Å². The molecule has 1 N–H and O–H groups in total. The number of nitrogens with one attached hydrogen (secondary N) is 1. The van der Waals surface area contributed by atoms with Gasteiger partial charge in [-0.1, -0.05) is 30.3 Å². The average Bonchev–Trinajstić information content (AvgIpc) is 3.43. The van der Waals surface area contributed by atoms with Gasteiger partial charge in [0.2, 0.25) is 5.91 Å². The standard InChI is InChI=1S/C25H28ClFN4O4S2/c1-4-31-20(12-35-15-7-9-18(27)17(26)11-15)29-30-25(31)36-13-21(32)28-23-22(24(33)34-5-2)16-8-6-14(3)10-19(16)37-23/h7,9,11,14H,4-6,8,10,12-13H2,1-3H3,(H,28,32). The molecule has 0 aliphatic heterocycles. The summed E-state index contributed by atoms with van der Waals surface area (Å²) in [6.45, 7) is 6.86. The highest BCUT2D eigenvalue weighted by Gasteiger charge is 2.29. The molecule has 198 valence electrons. The Bertz CT molecular complexity index is 1300. The average molecular weight is 567 g/mol. The highest BCUT2D eigenvalue weighted by molar-refractivity contribution is 7.99. The zero-order chi connectivity index (χ0) is 26.5. The van der Waals surface area contributed by atoms with Crippen LogP contribution in [-0.4, -0.2) is 39.0 Å². The zero-order valence-electron chi connectivity index (χ0n) is 20.8. The van der Waals surface area contributed by atoms with Gasteiger partial charge in [0, 0.05) is 17.5 Å².